The second-order valence-corrected chi connectivity index (χ2v) is 5.66. The molecule has 0 radical (unpaired) electrons. The molecule has 22 heavy (non-hydrogen) atoms. The van der Waals surface area contributed by atoms with E-state index in [2.05, 4.69) is 16.1 Å². The zero-order chi connectivity index (χ0) is 15.3. The van der Waals surface area contributed by atoms with E-state index in [1.54, 1.807) is 6.20 Å². The van der Waals surface area contributed by atoms with Gasteiger partial charge >= 0.3 is 0 Å². The largest absolute Gasteiger partial charge is 0.360 e. The molecule has 0 spiro atoms. The SMILES string of the molecule is Cc1cccc(-n2nc3c4ccc(C)cc4[nH]cc-3c2=O)c1. The highest BCUT2D eigenvalue weighted by Gasteiger charge is 2.18. The van der Waals surface area contributed by atoms with Gasteiger partial charge in [0.05, 0.1) is 11.3 Å². The molecule has 108 valence electrons. The fraction of sp³-hybridized carbons (Fsp3) is 0.111. The number of pyridine rings is 1. The summed E-state index contributed by atoms with van der Waals surface area (Å²) in [4.78, 5) is 15.8. The van der Waals surface area contributed by atoms with E-state index >= 15 is 0 Å². The molecule has 2 heterocycles. The van der Waals surface area contributed by atoms with Gasteiger partial charge in [-0.1, -0.05) is 24.3 Å². The lowest BCUT2D eigenvalue weighted by atomic mass is 10.1. The Morgan fingerprint density at radius 3 is 2.68 bits per heavy atom. The van der Waals surface area contributed by atoms with Crippen molar-refractivity contribution in [2.24, 2.45) is 0 Å². The summed E-state index contributed by atoms with van der Waals surface area (Å²) in [6.45, 7) is 4.05. The second-order valence-electron chi connectivity index (χ2n) is 5.66. The van der Waals surface area contributed by atoms with Gasteiger partial charge in [-0.15, -0.1) is 0 Å². The van der Waals surface area contributed by atoms with Crippen molar-refractivity contribution < 1.29 is 0 Å². The number of hydrogen-bond acceptors (Lipinski definition) is 2. The van der Waals surface area contributed by atoms with E-state index in [4.69, 9.17) is 0 Å². The van der Waals surface area contributed by atoms with Crippen LogP contribution >= 0.6 is 0 Å². The first-order valence-corrected chi connectivity index (χ1v) is 7.21. The standard InChI is InChI=1S/C18H15N3O/c1-11-4-3-5-13(8-11)21-18(22)15-10-19-16-9-12(2)6-7-14(16)17(15)20-21/h3-10,19H,1-2H3. The Hall–Kier alpha value is -2.88. The Labute approximate surface area is 127 Å². The molecular weight excluding hydrogens is 274 g/mol. The Morgan fingerprint density at radius 2 is 1.86 bits per heavy atom. The molecule has 0 saturated heterocycles. The quantitative estimate of drug-likeness (QED) is 0.583. The van der Waals surface area contributed by atoms with Crippen molar-refractivity contribution in [3.63, 3.8) is 0 Å². The van der Waals surface area contributed by atoms with Crippen LogP contribution in [0.3, 0.4) is 0 Å². The topological polar surface area (TPSA) is 50.7 Å². The van der Waals surface area contributed by atoms with Crippen LogP contribution in [0.1, 0.15) is 11.1 Å². The van der Waals surface area contributed by atoms with Crippen LogP contribution in [0, 0.1) is 13.8 Å². The number of aromatic amines is 1. The molecule has 0 amide bonds. The van der Waals surface area contributed by atoms with E-state index in [-0.39, 0.29) is 5.56 Å². The molecule has 0 atom stereocenters. The first-order chi connectivity index (χ1) is 10.6. The maximum Gasteiger partial charge on any atom is 0.282 e. The molecule has 2 aromatic rings. The van der Waals surface area contributed by atoms with Gasteiger partial charge in [-0.3, -0.25) is 4.79 Å². The van der Waals surface area contributed by atoms with Crippen molar-refractivity contribution in [1.29, 1.82) is 0 Å². The van der Waals surface area contributed by atoms with E-state index in [9.17, 15) is 4.79 Å². The molecule has 0 bridgehead atoms. The Bertz CT molecular complexity index is 1030. The number of aryl methyl sites for hydroxylation is 2. The first-order valence-electron chi connectivity index (χ1n) is 7.21. The highest BCUT2D eigenvalue weighted by atomic mass is 16.1. The third-order valence-corrected chi connectivity index (χ3v) is 3.93. The third kappa shape index (κ3) is 1.84. The number of H-pyrrole nitrogens is 1. The van der Waals surface area contributed by atoms with Crippen molar-refractivity contribution in [3.8, 4) is 16.9 Å². The summed E-state index contributed by atoms with van der Waals surface area (Å²) in [7, 11) is 0. The number of rotatable bonds is 1. The maximum absolute atomic E-state index is 12.6. The summed E-state index contributed by atoms with van der Waals surface area (Å²) in [5.74, 6) is 0. The predicted molar refractivity (Wildman–Crippen MR) is 87.8 cm³/mol. The number of nitrogens with zero attached hydrogens (tertiary/aromatic N) is 2. The minimum Gasteiger partial charge on any atom is -0.360 e. The fourth-order valence-corrected chi connectivity index (χ4v) is 2.81. The Kier molecular flexibility index (Phi) is 2.66. The van der Waals surface area contributed by atoms with Gasteiger partial charge in [0.2, 0.25) is 0 Å². The van der Waals surface area contributed by atoms with E-state index in [0.717, 1.165) is 27.8 Å². The number of benzene rings is 2. The molecule has 0 fully saturated rings. The monoisotopic (exact) mass is 289 g/mol. The van der Waals surface area contributed by atoms with Crippen molar-refractivity contribution >= 4 is 10.9 Å². The zero-order valence-corrected chi connectivity index (χ0v) is 12.4. The zero-order valence-electron chi connectivity index (χ0n) is 12.4. The Morgan fingerprint density at radius 1 is 1.05 bits per heavy atom. The van der Waals surface area contributed by atoms with Crippen LogP contribution < -0.4 is 5.56 Å². The predicted octanol–water partition coefficient (Wildman–Crippen LogP) is 3.44. The van der Waals surface area contributed by atoms with Crippen LogP contribution in [0.15, 0.2) is 53.5 Å². The number of fused-ring (bicyclic) bond motifs is 3. The highest BCUT2D eigenvalue weighted by Crippen LogP contribution is 2.26. The summed E-state index contributed by atoms with van der Waals surface area (Å²) >= 11 is 0. The highest BCUT2D eigenvalue weighted by molar-refractivity contribution is 5.93. The second kappa shape index (κ2) is 4.56. The van der Waals surface area contributed by atoms with Crippen LogP contribution in [0.2, 0.25) is 0 Å². The Balaban J connectivity index is 2.06. The normalized spacial score (nSPS) is 11.4. The van der Waals surface area contributed by atoms with Crippen molar-refractivity contribution in [2.45, 2.75) is 13.8 Å². The maximum atomic E-state index is 12.6. The van der Waals surface area contributed by atoms with E-state index < -0.39 is 0 Å². The molecule has 0 saturated carbocycles. The van der Waals surface area contributed by atoms with E-state index in [1.165, 1.54) is 10.2 Å². The van der Waals surface area contributed by atoms with Crippen LogP contribution in [-0.2, 0) is 0 Å². The molecule has 0 aliphatic carbocycles. The minimum absolute atomic E-state index is 0.0978. The van der Waals surface area contributed by atoms with Crippen molar-refractivity contribution in [2.75, 3.05) is 0 Å². The molecular formula is C18H15N3O. The molecule has 2 aromatic carbocycles. The molecule has 0 aromatic heterocycles. The molecule has 4 rings (SSSR count). The summed E-state index contributed by atoms with van der Waals surface area (Å²) in [5.41, 5.74) is 5.30. The van der Waals surface area contributed by atoms with Crippen LogP contribution in [0.5, 0.6) is 0 Å². The summed E-state index contributed by atoms with van der Waals surface area (Å²) < 4.78 is 1.48. The fourth-order valence-electron chi connectivity index (χ4n) is 2.81. The lowest BCUT2D eigenvalue weighted by Crippen LogP contribution is -2.14. The average Bonchev–Trinajstić information content (AvgIpc) is 2.84. The van der Waals surface area contributed by atoms with Gasteiger partial charge in [-0.25, -0.2) is 0 Å². The molecule has 2 aliphatic rings. The van der Waals surface area contributed by atoms with Gasteiger partial charge in [0.1, 0.15) is 5.69 Å². The van der Waals surface area contributed by atoms with Gasteiger partial charge in [0.15, 0.2) is 0 Å². The number of nitrogens with one attached hydrogen (secondary N) is 1. The molecule has 4 heteroatoms. The summed E-state index contributed by atoms with van der Waals surface area (Å²) in [6.07, 6.45) is 1.75. The molecule has 2 aliphatic heterocycles. The third-order valence-electron chi connectivity index (χ3n) is 3.93. The molecule has 1 N–H and O–H groups in total. The van der Waals surface area contributed by atoms with Gasteiger partial charge in [-0.05, 0) is 43.2 Å². The molecule has 0 unspecified atom stereocenters. The van der Waals surface area contributed by atoms with Crippen LogP contribution in [-0.4, -0.2) is 14.8 Å². The van der Waals surface area contributed by atoms with Gasteiger partial charge in [0, 0.05) is 17.1 Å². The summed E-state index contributed by atoms with van der Waals surface area (Å²) in [6, 6.07) is 13.9. The van der Waals surface area contributed by atoms with Crippen LogP contribution in [0.4, 0.5) is 0 Å². The number of aromatic nitrogens is 3. The minimum atomic E-state index is -0.0978. The van der Waals surface area contributed by atoms with Crippen molar-refractivity contribution in [1.82, 2.24) is 14.8 Å². The van der Waals surface area contributed by atoms with E-state index in [0.29, 0.717) is 5.56 Å². The lowest BCUT2D eigenvalue weighted by Gasteiger charge is -2.03. The van der Waals surface area contributed by atoms with Gasteiger partial charge in [-0.2, -0.15) is 9.78 Å². The van der Waals surface area contributed by atoms with Crippen LogP contribution in [0.25, 0.3) is 27.8 Å². The van der Waals surface area contributed by atoms with Crippen molar-refractivity contribution in [3.05, 3.63) is 70.1 Å². The smallest absolute Gasteiger partial charge is 0.282 e. The summed E-state index contributed by atoms with van der Waals surface area (Å²) in [5, 5.41) is 5.53. The molecule has 4 nitrogen and oxygen atoms in total. The number of hydrogen-bond donors (Lipinski definition) is 1. The first kappa shape index (κ1) is 12.8. The van der Waals surface area contributed by atoms with E-state index in [1.807, 2.05) is 50.2 Å². The van der Waals surface area contributed by atoms with Gasteiger partial charge < -0.3 is 4.98 Å². The van der Waals surface area contributed by atoms with Gasteiger partial charge in [0.25, 0.3) is 5.56 Å². The lowest BCUT2D eigenvalue weighted by molar-refractivity contribution is 0.858. The average molecular weight is 289 g/mol.